The van der Waals surface area contributed by atoms with Gasteiger partial charge in [-0.3, -0.25) is 4.79 Å². The number of aryl methyl sites for hydroxylation is 2. The lowest BCUT2D eigenvalue weighted by atomic mass is 10.2. The lowest BCUT2D eigenvalue weighted by Gasteiger charge is -2.07. The number of halogens is 1. The van der Waals surface area contributed by atoms with Crippen molar-refractivity contribution >= 4 is 23.2 Å². The minimum atomic E-state index is -0.360. The highest BCUT2D eigenvalue weighted by atomic mass is 19.1. The quantitative estimate of drug-likeness (QED) is 0.498. The highest BCUT2D eigenvalue weighted by Gasteiger charge is 2.14. The van der Waals surface area contributed by atoms with Gasteiger partial charge in [0.25, 0.3) is 5.91 Å². The maximum absolute atomic E-state index is 13.7. The molecule has 2 aromatic carbocycles. The van der Waals surface area contributed by atoms with Gasteiger partial charge in [0.05, 0.1) is 0 Å². The average molecular weight is 401 g/mol. The Morgan fingerprint density at radius 3 is 2.40 bits per heavy atom. The third-order valence-corrected chi connectivity index (χ3v) is 4.68. The molecule has 0 saturated carbocycles. The smallest absolute Gasteiger partial charge is 0.272 e. The molecular formula is C23H20FN5O. The van der Waals surface area contributed by atoms with Gasteiger partial charge in [-0.1, -0.05) is 24.3 Å². The van der Waals surface area contributed by atoms with Crippen LogP contribution in [0.3, 0.4) is 0 Å². The fourth-order valence-electron chi connectivity index (χ4n) is 3.01. The van der Waals surface area contributed by atoms with E-state index in [-0.39, 0.29) is 11.7 Å². The molecule has 2 N–H and O–H groups in total. The van der Waals surface area contributed by atoms with Gasteiger partial charge in [-0.15, -0.1) is 0 Å². The molecule has 2 aromatic heterocycles. The first-order chi connectivity index (χ1) is 14.5. The maximum Gasteiger partial charge on any atom is 0.272 e. The molecule has 0 unspecified atom stereocenters. The van der Waals surface area contributed by atoms with E-state index < -0.39 is 0 Å². The summed E-state index contributed by atoms with van der Waals surface area (Å²) >= 11 is 0. The molecule has 7 heteroatoms. The molecule has 0 fully saturated rings. The van der Waals surface area contributed by atoms with Crippen LogP contribution in [0.15, 0.2) is 73.2 Å². The molecular weight excluding hydrogens is 381 g/mol. The van der Waals surface area contributed by atoms with E-state index in [1.807, 2.05) is 36.5 Å². The number of para-hydroxylation sites is 1. The molecule has 2 heterocycles. The Morgan fingerprint density at radius 1 is 0.967 bits per heavy atom. The van der Waals surface area contributed by atoms with Gasteiger partial charge in [0.2, 0.25) is 5.95 Å². The van der Waals surface area contributed by atoms with Crippen LogP contribution in [0, 0.1) is 12.7 Å². The molecule has 4 aromatic rings. The summed E-state index contributed by atoms with van der Waals surface area (Å²) < 4.78 is 15.4. The van der Waals surface area contributed by atoms with Crippen LogP contribution in [0.2, 0.25) is 0 Å². The summed E-state index contributed by atoms with van der Waals surface area (Å²) in [6.45, 7) is 1.67. The topological polar surface area (TPSA) is 71.8 Å². The Labute approximate surface area is 173 Å². The van der Waals surface area contributed by atoms with Crippen molar-refractivity contribution in [3.05, 3.63) is 90.3 Å². The van der Waals surface area contributed by atoms with Crippen molar-refractivity contribution in [2.24, 2.45) is 7.05 Å². The highest BCUT2D eigenvalue weighted by Crippen LogP contribution is 2.23. The van der Waals surface area contributed by atoms with Crippen molar-refractivity contribution < 1.29 is 9.18 Å². The Morgan fingerprint density at radius 2 is 1.70 bits per heavy atom. The van der Waals surface area contributed by atoms with Crippen molar-refractivity contribution in [3.8, 4) is 11.1 Å². The average Bonchev–Trinajstić information content (AvgIpc) is 3.14. The first-order valence-electron chi connectivity index (χ1n) is 9.38. The summed E-state index contributed by atoms with van der Waals surface area (Å²) in [6, 6.07) is 16.0. The molecule has 0 aliphatic carbocycles. The molecule has 0 saturated heterocycles. The Balaban J connectivity index is 1.50. The summed E-state index contributed by atoms with van der Waals surface area (Å²) in [6.07, 6.45) is 5.23. The molecule has 0 spiro atoms. The van der Waals surface area contributed by atoms with Gasteiger partial charge in [-0.2, -0.15) is 0 Å². The molecule has 4 rings (SSSR count). The zero-order valence-electron chi connectivity index (χ0n) is 16.6. The molecule has 6 nitrogen and oxygen atoms in total. The van der Waals surface area contributed by atoms with Crippen LogP contribution < -0.4 is 10.6 Å². The maximum atomic E-state index is 13.7. The van der Waals surface area contributed by atoms with Gasteiger partial charge in [0, 0.05) is 48.1 Å². The Kier molecular flexibility index (Phi) is 5.26. The van der Waals surface area contributed by atoms with Crippen LogP contribution in [0.1, 0.15) is 16.1 Å². The molecule has 1 amide bonds. The number of carbonyl (C=O) groups is 1. The zero-order chi connectivity index (χ0) is 21.1. The number of aromatic nitrogens is 3. The van der Waals surface area contributed by atoms with Crippen LogP contribution in [0.5, 0.6) is 0 Å². The number of nitrogens with zero attached hydrogens (tertiary/aromatic N) is 3. The third kappa shape index (κ3) is 4.20. The minimum absolute atomic E-state index is 0.324. The molecule has 0 atom stereocenters. The van der Waals surface area contributed by atoms with Crippen molar-refractivity contribution in [3.63, 3.8) is 0 Å². The predicted octanol–water partition coefficient (Wildman–Crippen LogP) is 4.93. The first kappa shape index (κ1) is 19.3. The van der Waals surface area contributed by atoms with Crippen molar-refractivity contribution in [1.29, 1.82) is 0 Å². The van der Waals surface area contributed by atoms with Gasteiger partial charge >= 0.3 is 0 Å². The SMILES string of the molecule is Cc1ccc(NC(=O)c2cc(-c3cnc(Nc4ccccc4)nc3)cn2C)cc1F. The first-order valence-corrected chi connectivity index (χ1v) is 9.38. The van der Waals surface area contributed by atoms with E-state index in [0.29, 0.717) is 22.9 Å². The number of hydrogen-bond acceptors (Lipinski definition) is 4. The highest BCUT2D eigenvalue weighted by molar-refractivity contribution is 6.04. The van der Waals surface area contributed by atoms with Crippen LogP contribution in [-0.2, 0) is 7.05 Å². The Hall–Kier alpha value is -4.00. The van der Waals surface area contributed by atoms with Crippen molar-refractivity contribution in [1.82, 2.24) is 14.5 Å². The summed E-state index contributed by atoms with van der Waals surface area (Å²) in [5.74, 6) is -0.197. The van der Waals surface area contributed by atoms with Gasteiger partial charge < -0.3 is 15.2 Å². The number of benzene rings is 2. The second kappa shape index (κ2) is 8.16. The van der Waals surface area contributed by atoms with E-state index in [0.717, 1.165) is 16.8 Å². The molecule has 0 aliphatic heterocycles. The monoisotopic (exact) mass is 401 g/mol. The van der Waals surface area contributed by atoms with Gasteiger partial charge in [0.15, 0.2) is 0 Å². The van der Waals surface area contributed by atoms with Crippen molar-refractivity contribution in [2.45, 2.75) is 6.92 Å². The van der Waals surface area contributed by atoms with Crippen LogP contribution in [0.4, 0.5) is 21.7 Å². The number of anilines is 3. The lowest BCUT2D eigenvalue weighted by molar-refractivity contribution is 0.101. The van der Waals surface area contributed by atoms with E-state index in [1.54, 1.807) is 49.1 Å². The largest absolute Gasteiger partial charge is 0.346 e. The van der Waals surface area contributed by atoms with E-state index >= 15 is 0 Å². The normalized spacial score (nSPS) is 10.6. The second-order valence-corrected chi connectivity index (χ2v) is 6.93. The van der Waals surface area contributed by atoms with Crippen LogP contribution in [-0.4, -0.2) is 20.4 Å². The molecule has 30 heavy (non-hydrogen) atoms. The van der Waals surface area contributed by atoms with Gasteiger partial charge in [0.1, 0.15) is 11.5 Å². The molecule has 150 valence electrons. The summed E-state index contributed by atoms with van der Waals surface area (Å²) in [4.78, 5) is 21.3. The zero-order valence-corrected chi connectivity index (χ0v) is 16.6. The molecule has 0 bridgehead atoms. The van der Waals surface area contributed by atoms with E-state index in [9.17, 15) is 9.18 Å². The lowest BCUT2D eigenvalue weighted by Crippen LogP contribution is -2.15. The minimum Gasteiger partial charge on any atom is -0.346 e. The fourth-order valence-corrected chi connectivity index (χ4v) is 3.01. The third-order valence-electron chi connectivity index (χ3n) is 4.68. The van der Waals surface area contributed by atoms with E-state index in [2.05, 4.69) is 20.6 Å². The summed E-state index contributed by atoms with van der Waals surface area (Å²) in [5, 5.41) is 5.86. The number of amides is 1. The second-order valence-electron chi connectivity index (χ2n) is 6.93. The standard InChI is InChI=1S/C23H20FN5O/c1-15-8-9-19(11-20(15)24)27-22(30)21-10-16(14-29(21)2)17-12-25-23(26-13-17)28-18-6-4-3-5-7-18/h3-14H,1-2H3,(H,27,30)(H,25,26,28). The van der Waals surface area contributed by atoms with Crippen molar-refractivity contribution in [2.75, 3.05) is 10.6 Å². The number of carbonyl (C=O) groups excluding carboxylic acids is 1. The molecule has 0 radical (unpaired) electrons. The fraction of sp³-hybridized carbons (Fsp3) is 0.0870. The molecule has 0 aliphatic rings. The van der Waals surface area contributed by atoms with Crippen LogP contribution in [0.25, 0.3) is 11.1 Å². The summed E-state index contributed by atoms with van der Waals surface area (Å²) in [5.41, 5.74) is 3.87. The summed E-state index contributed by atoms with van der Waals surface area (Å²) in [7, 11) is 1.78. The van der Waals surface area contributed by atoms with Gasteiger partial charge in [-0.25, -0.2) is 14.4 Å². The van der Waals surface area contributed by atoms with E-state index in [4.69, 9.17) is 0 Å². The van der Waals surface area contributed by atoms with Gasteiger partial charge in [-0.05, 0) is 42.8 Å². The Bertz CT molecular complexity index is 1190. The van der Waals surface area contributed by atoms with E-state index in [1.165, 1.54) is 6.07 Å². The number of nitrogens with one attached hydrogen (secondary N) is 2. The van der Waals surface area contributed by atoms with Crippen LogP contribution >= 0.6 is 0 Å². The number of rotatable bonds is 5. The number of hydrogen-bond donors (Lipinski definition) is 2. The predicted molar refractivity (Wildman–Crippen MR) is 115 cm³/mol.